The molecule has 1 heterocycles. The van der Waals surface area contributed by atoms with E-state index in [4.69, 9.17) is 5.73 Å². The first-order valence-electron chi connectivity index (χ1n) is 8.62. The van der Waals surface area contributed by atoms with Crippen LogP contribution in [0, 0.1) is 5.92 Å². The zero-order chi connectivity index (χ0) is 16.4. The van der Waals surface area contributed by atoms with Crippen LogP contribution in [-0.4, -0.2) is 16.5 Å². The Kier molecular flexibility index (Phi) is 4.03. The number of para-hydroxylation sites is 1. The van der Waals surface area contributed by atoms with E-state index in [1.54, 1.807) is 0 Å². The molecule has 0 saturated carbocycles. The monoisotopic (exact) mass is 318 g/mol. The lowest BCUT2D eigenvalue weighted by Crippen LogP contribution is -2.16. The molecule has 0 radical (unpaired) electrons. The van der Waals surface area contributed by atoms with E-state index in [0.717, 1.165) is 30.3 Å². The number of fused-ring (bicyclic) bond motifs is 2. The molecule has 0 amide bonds. The fourth-order valence-electron chi connectivity index (χ4n) is 3.53. The van der Waals surface area contributed by atoms with Crippen LogP contribution < -0.4 is 11.1 Å². The number of nitrogens with zero attached hydrogens (tertiary/aromatic N) is 2. The van der Waals surface area contributed by atoms with Gasteiger partial charge in [0.25, 0.3) is 0 Å². The van der Waals surface area contributed by atoms with Crippen LogP contribution in [0.15, 0.2) is 48.5 Å². The first-order chi connectivity index (χ1) is 11.8. The molecular weight excluding hydrogens is 296 g/mol. The van der Waals surface area contributed by atoms with E-state index in [2.05, 4.69) is 39.6 Å². The van der Waals surface area contributed by atoms with E-state index in [0.29, 0.717) is 17.7 Å². The summed E-state index contributed by atoms with van der Waals surface area (Å²) in [6.07, 6.45) is 4.71. The number of rotatable bonds is 3. The second-order valence-corrected chi connectivity index (χ2v) is 6.54. The van der Waals surface area contributed by atoms with Crippen LogP contribution in [0.4, 0.5) is 11.8 Å². The Bertz CT molecular complexity index is 832. The number of hydrogen-bond acceptors (Lipinski definition) is 4. The summed E-state index contributed by atoms with van der Waals surface area (Å²) in [7, 11) is 0. The van der Waals surface area contributed by atoms with Crippen molar-refractivity contribution in [2.24, 2.45) is 5.92 Å². The molecule has 0 unspecified atom stereocenters. The van der Waals surface area contributed by atoms with Gasteiger partial charge in [0.2, 0.25) is 5.95 Å². The van der Waals surface area contributed by atoms with Crippen molar-refractivity contribution in [2.45, 2.75) is 25.7 Å². The van der Waals surface area contributed by atoms with Crippen LogP contribution in [0.25, 0.3) is 10.9 Å². The molecule has 1 aliphatic carbocycles. The summed E-state index contributed by atoms with van der Waals surface area (Å²) in [5, 5.41) is 4.31. The second-order valence-electron chi connectivity index (χ2n) is 6.54. The normalized spacial score (nSPS) is 15.0. The third-order valence-corrected chi connectivity index (χ3v) is 4.94. The van der Waals surface area contributed by atoms with E-state index < -0.39 is 0 Å². The van der Waals surface area contributed by atoms with E-state index >= 15 is 0 Å². The lowest BCUT2D eigenvalue weighted by molar-refractivity contribution is 0.487. The first kappa shape index (κ1) is 14.9. The quantitative estimate of drug-likeness (QED) is 0.721. The minimum Gasteiger partial charge on any atom is -0.383 e. The van der Waals surface area contributed by atoms with Gasteiger partial charge in [-0.3, -0.25) is 0 Å². The maximum atomic E-state index is 6.06. The van der Waals surface area contributed by atoms with E-state index in [1.165, 1.54) is 24.0 Å². The Morgan fingerprint density at radius 3 is 2.33 bits per heavy atom. The maximum absolute atomic E-state index is 6.06. The summed E-state index contributed by atoms with van der Waals surface area (Å²) in [6, 6.07) is 16.7. The van der Waals surface area contributed by atoms with Crippen LogP contribution in [0.5, 0.6) is 0 Å². The minimum absolute atomic E-state index is 0.538. The fourth-order valence-corrected chi connectivity index (χ4v) is 3.53. The molecule has 3 N–H and O–H groups in total. The number of benzene rings is 2. The molecule has 0 saturated heterocycles. The summed E-state index contributed by atoms with van der Waals surface area (Å²) in [5.41, 5.74) is 9.96. The van der Waals surface area contributed by atoms with Crippen molar-refractivity contribution in [1.29, 1.82) is 0 Å². The Morgan fingerprint density at radius 1 is 0.917 bits per heavy atom. The van der Waals surface area contributed by atoms with Crippen molar-refractivity contribution in [3.05, 3.63) is 59.7 Å². The third-order valence-electron chi connectivity index (χ3n) is 4.94. The van der Waals surface area contributed by atoms with Gasteiger partial charge in [-0.1, -0.05) is 36.4 Å². The fraction of sp³-hybridized carbons (Fsp3) is 0.300. The Hall–Kier alpha value is -2.62. The van der Waals surface area contributed by atoms with Gasteiger partial charge in [0.05, 0.1) is 5.52 Å². The number of hydrogen-bond donors (Lipinski definition) is 2. The summed E-state index contributed by atoms with van der Waals surface area (Å²) < 4.78 is 0. The van der Waals surface area contributed by atoms with Crippen LogP contribution >= 0.6 is 0 Å². The molecule has 24 heavy (non-hydrogen) atoms. The molecule has 0 spiro atoms. The summed E-state index contributed by atoms with van der Waals surface area (Å²) in [6.45, 7) is 0.895. The van der Waals surface area contributed by atoms with Gasteiger partial charge in [-0.05, 0) is 54.9 Å². The Morgan fingerprint density at radius 2 is 1.58 bits per heavy atom. The van der Waals surface area contributed by atoms with Crippen molar-refractivity contribution < 1.29 is 0 Å². The highest BCUT2D eigenvalue weighted by Crippen LogP contribution is 2.25. The summed E-state index contributed by atoms with van der Waals surface area (Å²) >= 11 is 0. The largest absolute Gasteiger partial charge is 0.383 e. The molecular formula is C20H22N4. The van der Waals surface area contributed by atoms with Crippen LogP contribution in [0.1, 0.15) is 24.0 Å². The molecule has 1 aliphatic rings. The van der Waals surface area contributed by atoms with E-state index in [9.17, 15) is 0 Å². The van der Waals surface area contributed by atoms with Crippen molar-refractivity contribution in [2.75, 3.05) is 17.6 Å². The SMILES string of the molecule is Nc1nc(NCC2CCc3ccccc3CC2)nc2ccccc12. The van der Waals surface area contributed by atoms with Crippen molar-refractivity contribution in [3.63, 3.8) is 0 Å². The predicted molar refractivity (Wildman–Crippen MR) is 99.0 cm³/mol. The number of aryl methyl sites for hydroxylation is 2. The molecule has 0 aliphatic heterocycles. The summed E-state index contributed by atoms with van der Waals surface area (Å²) in [5.74, 6) is 1.80. The van der Waals surface area contributed by atoms with Crippen molar-refractivity contribution in [1.82, 2.24) is 9.97 Å². The van der Waals surface area contributed by atoms with Crippen molar-refractivity contribution in [3.8, 4) is 0 Å². The molecule has 4 nitrogen and oxygen atoms in total. The number of aromatic nitrogens is 2. The van der Waals surface area contributed by atoms with Crippen LogP contribution in [0.3, 0.4) is 0 Å². The van der Waals surface area contributed by atoms with E-state index in [1.807, 2.05) is 24.3 Å². The Balaban J connectivity index is 1.44. The molecule has 0 bridgehead atoms. The first-order valence-corrected chi connectivity index (χ1v) is 8.62. The van der Waals surface area contributed by atoms with Crippen LogP contribution in [0.2, 0.25) is 0 Å². The highest BCUT2D eigenvalue weighted by atomic mass is 15.1. The molecule has 4 heteroatoms. The second kappa shape index (κ2) is 6.48. The van der Waals surface area contributed by atoms with Gasteiger partial charge in [-0.15, -0.1) is 0 Å². The molecule has 4 rings (SSSR count). The van der Waals surface area contributed by atoms with Gasteiger partial charge in [-0.2, -0.15) is 4.98 Å². The lowest BCUT2D eigenvalue weighted by Gasteiger charge is -2.15. The molecule has 122 valence electrons. The number of nitrogens with two attached hydrogens (primary N) is 1. The van der Waals surface area contributed by atoms with Crippen molar-refractivity contribution >= 4 is 22.7 Å². The maximum Gasteiger partial charge on any atom is 0.225 e. The van der Waals surface area contributed by atoms with Gasteiger partial charge in [0, 0.05) is 11.9 Å². The molecule has 0 atom stereocenters. The van der Waals surface area contributed by atoms with Gasteiger partial charge in [0.1, 0.15) is 5.82 Å². The standard InChI is InChI=1S/C20H22N4/c21-19-17-7-3-4-8-18(17)23-20(24-19)22-13-14-9-11-15-5-1-2-6-16(15)12-10-14/h1-8,14H,9-13H2,(H3,21,22,23,24). The van der Waals surface area contributed by atoms with Gasteiger partial charge in [-0.25, -0.2) is 4.98 Å². The van der Waals surface area contributed by atoms with Gasteiger partial charge >= 0.3 is 0 Å². The van der Waals surface area contributed by atoms with E-state index in [-0.39, 0.29) is 0 Å². The topological polar surface area (TPSA) is 63.8 Å². The zero-order valence-corrected chi connectivity index (χ0v) is 13.7. The average molecular weight is 318 g/mol. The average Bonchev–Trinajstić information content (AvgIpc) is 2.83. The van der Waals surface area contributed by atoms with Gasteiger partial charge < -0.3 is 11.1 Å². The number of nitrogens with one attached hydrogen (secondary N) is 1. The number of anilines is 2. The van der Waals surface area contributed by atoms with Crippen LogP contribution in [-0.2, 0) is 12.8 Å². The smallest absolute Gasteiger partial charge is 0.225 e. The Labute approximate surface area is 142 Å². The molecule has 0 fully saturated rings. The highest BCUT2D eigenvalue weighted by Gasteiger charge is 2.16. The molecule has 3 aromatic rings. The molecule has 1 aromatic heterocycles. The van der Waals surface area contributed by atoms with Gasteiger partial charge in [0.15, 0.2) is 0 Å². The minimum atomic E-state index is 0.538. The summed E-state index contributed by atoms with van der Waals surface area (Å²) in [4.78, 5) is 8.99. The highest BCUT2D eigenvalue weighted by molar-refractivity contribution is 5.88. The number of nitrogen functional groups attached to an aromatic ring is 1. The third kappa shape index (κ3) is 3.04. The lowest BCUT2D eigenvalue weighted by atomic mass is 10.00. The predicted octanol–water partition coefficient (Wildman–Crippen LogP) is 3.82. The zero-order valence-electron chi connectivity index (χ0n) is 13.7. The molecule has 2 aromatic carbocycles.